The molecule has 0 saturated carbocycles. The first-order chi connectivity index (χ1) is 10.8. The van der Waals surface area contributed by atoms with Crippen LogP contribution in [-0.4, -0.2) is 19.6 Å². The fraction of sp³-hybridized carbons (Fsp3) is 0. The summed E-state index contributed by atoms with van der Waals surface area (Å²) in [4.78, 5) is 8.87. The Labute approximate surface area is 132 Å². The predicted octanol–water partition coefficient (Wildman–Crippen LogP) is 4.11. The SMILES string of the molecule is Clc1ccc(-c2cnn3ccc(-c4cccnc4)nc23)cc1. The maximum absolute atomic E-state index is 5.95. The van der Waals surface area contributed by atoms with Crippen molar-refractivity contribution in [1.82, 2.24) is 19.6 Å². The van der Waals surface area contributed by atoms with Crippen molar-refractivity contribution >= 4 is 17.2 Å². The van der Waals surface area contributed by atoms with Crippen LogP contribution < -0.4 is 0 Å². The maximum atomic E-state index is 5.95. The van der Waals surface area contributed by atoms with Crippen LogP contribution in [0.2, 0.25) is 5.02 Å². The van der Waals surface area contributed by atoms with Crippen LogP contribution in [-0.2, 0) is 0 Å². The maximum Gasteiger partial charge on any atom is 0.163 e. The molecule has 0 aliphatic carbocycles. The lowest BCUT2D eigenvalue weighted by Crippen LogP contribution is -1.92. The Morgan fingerprint density at radius 1 is 0.909 bits per heavy atom. The van der Waals surface area contributed by atoms with E-state index in [9.17, 15) is 0 Å². The van der Waals surface area contributed by atoms with Crippen molar-refractivity contribution in [2.75, 3.05) is 0 Å². The first kappa shape index (κ1) is 13.0. The molecule has 4 nitrogen and oxygen atoms in total. The van der Waals surface area contributed by atoms with E-state index in [0.29, 0.717) is 5.02 Å². The number of benzene rings is 1. The molecule has 3 heterocycles. The fourth-order valence-corrected chi connectivity index (χ4v) is 2.50. The highest BCUT2D eigenvalue weighted by Crippen LogP contribution is 2.26. The molecular formula is C17H11ClN4. The van der Waals surface area contributed by atoms with Gasteiger partial charge in [-0.15, -0.1) is 0 Å². The third-order valence-electron chi connectivity index (χ3n) is 3.48. The molecule has 4 rings (SSSR count). The minimum absolute atomic E-state index is 0.712. The fourth-order valence-electron chi connectivity index (χ4n) is 2.38. The van der Waals surface area contributed by atoms with E-state index < -0.39 is 0 Å². The molecule has 106 valence electrons. The van der Waals surface area contributed by atoms with Gasteiger partial charge < -0.3 is 0 Å². The molecule has 0 fully saturated rings. The van der Waals surface area contributed by atoms with Crippen LogP contribution in [0.3, 0.4) is 0 Å². The molecule has 1 aromatic carbocycles. The molecule has 22 heavy (non-hydrogen) atoms. The quantitative estimate of drug-likeness (QED) is 0.559. The van der Waals surface area contributed by atoms with E-state index in [-0.39, 0.29) is 0 Å². The molecule has 0 bridgehead atoms. The lowest BCUT2D eigenvalue weighted by Gasteiger charge is -2.03. The molecule has 0 amide bonds. The van der Waals surface area contributed by atoms with Gasteiger partial charge in [0.25, 0.3) is 0 Å². The van der Waals surface area contributed by atoms with Gasteiger partial charge in [-0.2, -0.15) is 5.10 Å². The van der Waals surface area contributed by atoms with E-state index in [1.165, 1.54) is 0 Å². The minimum atomic E-state index is 0.712. The van der Waals surface area contributed by atoms with Gasteiger partial charge in [0, 0.05) is 34.7 Å². The van der Waals surface area contributed by atoms with Crippen LogP contribution in [0, 0.1) is 0 Å². The molecule has 0 saturated heterocycles. The van der Waals surface area contributed by atoms with E-state index in [1.54, 1.807) is 16.9 Å². The molecule has 0 N–H and O–H groups in total. The number of rotatable bonds is 2. The van der Waals surface area contributed by atoms with E-state index in [1.807, 2.05) is 54.9 Å². The van der Waals surface area contributed by atoms with Gasteiger partial charge in [-0.3, -0.25) is 4.98 Å². The second-order valence-corrected chi connectivity index (χ2v) is 5.32. The molecule has 3 aromatic heterocycles. The van der Waals surface area contributed by atoms with Crippen molar-refractivity contribution in [2.24, 2.45) is 0 Å². The van der Waals surface area contributed by atoms with Crippen LogP contribution in [0.4, 0.5) is 0 Å². The zero-order chi connectivity index (χ0) is 14.9. The normalized spacial score (nSPS) is 11.0. The van der Waals surface area contributed by atoms with Crippen LogP contribution in [0.15, 0.2) is 67.3 Å². The smallest absolute Gasteiger partial charge is 0.163 e. The zero-order valence-corrected chi connectivity index (χ0v) is 12.3. The third kappa shape index (κ3) is 2.23. The number of nitrogens with zero attached hydrogens (tertiary/aromatic N) is 4. The van der Waals surface area contributed by atoms with Crippen molar-refractivity contribution in [3.63, 3.8) is 0 Å². The van der Waals surface area contributed by atoms with Gasteiger partial charge in [0.05, 0.1) is 11.9 Å². The van der Waals surface area contributed by atoms with Crippen LogP contribution in [0.1, 0.15) is 0 Å². The Balaban J connectivity index is 1.88. The van der Waals surface area contributed by atoms with E-state index in [4.69, 9.17) is 16.6 Å². The molecule has 0 aliphatic rings. The summed E-state index contributed by atoms with van der Waals surface area (Å²) in [6, 6.07) is 13.5. The molecule has 4 aromatic rings. The van der Waals surface area contributed by atoms with Crippen molar-refractivity contribution in [3.8, 4) is 22.4 Å². The molecule has 5 heteroatoms. The summed E-state index contributed by atoms with van der Waals surface area (Å²) in [6.45, 7) is 0. The first-order valence-corrected chi connectivity index (χ1v) is 7.20. The Kier molecular flexibility index (Phi) is 3.09. The summed E-state index contributed by atoms with van der Waals surface area (Å²) in [7, 11) is 0. The third-order valence-corrected chi connectivity index (χ3v) is 3.73. The molecule has 0 unspecified atom stereocenters. The van der Waals surface area contributed by atoms with E-state index in [0.717, 1.165) is 28.0 Å². The van der Waals surface area contributed by atoms with Crippen molar-refractivity contribution < 1.29 is 0 Å². The monoisotopic (exact) mass is 306 g/mol. The molecule has 0 radical (unpaired) electrons. The highest BCUT2D eigenvalue weighted by molar-refractivity contribution is 6.30. The summed E-state index contributed by atoms with van der Waals surface area (Å²) in [6.07, 6.45) is 7.28. The van der Waals surface area contributed by atoms with Gasteiger partial charge in [-0.05, 0) is 35.9 Å². The Hall–Kier alpha value is -2.72. The summed E-state index contributed by atoms with van der Waals surface area (Å²) in [5, 5.41) is 5.07. The minimum Gasteiger partial charge on any atom is -0.264 e. The van der Waals surface area contributed by atoms with Crippen LogP contribution in [0.25, 0.3) is 28.0 Å². The average molecular weight is 307 g/mol. The lowest BCUT2D eigenvalue weighted by molar-refractivity contribution is 0.941. The Bertz CT molecular complexity index is 930. The standard InChI is InChI=1S/C17H11ClN4/c18-14-5-3-12(4-6-14)15-11-20-22-9-7-16(21-17(15)22)13-2-1-8-19-10-13/h1-11H. The van der Waals surface area contributed by atoms with Gasteiger partial charge in [0.2, 0.25) is 0 Å². The number of hydrogen-bond donors (Lipinski definition) is 0. The molecule has 0 aliphatic heterocycles. The Morgan fingerprint density at radius 3 is 2.55 bits per heavy atom. The van der Waals surface area contributed by atoms with Crippen molar-refractivity contribution in [3.05, 3.63) is 72.3 Å². The van der Waals surface area contributed by atoms with E-state index in [2.05, 4.69) is 10.1 Å². The largest absolute Gasteiger partial charge is 0.264 e. The van der Waals surface area contributed by atoms with E-state index >= 15 is 0 Å². The van der Waals surface area contributed by atoms with Gasteiger partial charge in [-0.25, -0.2) is 9.50 Å². The number of aromatic nitrogens is 4. The van der Waals surface area contributed by atoms with Gasteiger partial charge >= 0.3 is 0 Å². The van der Waals surface area contributed by atoms with Gasteiger partial charge in [0.15, 0.2) is 5.65 Å². The molecule has 0 atom stereocenters. The Morgan fingerprint density at radius 2 is 1.77 bits per heavy atom. The molecule has 0 spiro atoms. The zero-order valence-electron chi connectivity index (χ0n) is 11.5. The van der Waals surface area contributed by atoms with Crippen LogP contribution >= 0.6 is 11.6 Å². The topological polar surface area (TPSA) is 43.1 Å². The number of halogens is 1. The second kappa shape index (κ2) is 5.24. The summed E-state index contributed by atoms with van der Waals surface area (Å²) < 4.78 is 1.77. The summed E-state index contributed by atoms with van der Waals surface area (Å²) >= 11 is 5.95. The average Bonchev–Trinajstić information content (AvgIpc) is 2.99. The van der Waals surface area contributed by atoms with Gasteiger partial charge in [0.1, 0.15) is 0 Å². The molecular weight excluding hydrogens is 296 g/mol. The highest BCUT2D eigenvalue weighted by atomic mass is 35.5. The summed E-state index contributed by atoms with van der Waals surface area (Å²) in [5.41, 5.74) is 4.67. The number of pyridine rings is 1. The summed E-state index contributed by atoms with van der Waals surface area (Å²) in [5.74, 6) is 0. The lowest BCUT2D eigenvalue weighted by atomic mass is 10.1. The van der Waals surface area contributed by atoms with Gasteiger partial charge in [-0.1, -0.05) is 23.7 Å². The first-order valence-electron chi connectivity index (χ1n) is 6.82. The number of hydrogen-bond acceptors (Lipinski definition) is 3. The van der Waals surface area contributed by atoms with Crippen LogP contribution in [0.5, 0.6) is 0 Å². The number of fused-ring (bicyclic) bond motifs is 1. The highest BCUT2D eigenvalue weighted by Gasteiger charge is 2.09. The van der Waals surface area contributed by atoms with Crippen molar-refractivity contribution in [1.29, 1.82) is 0 Å². The second-order valence-electron chi connectivity index (χ2n) is 4.89. The van der Waals surface area contributed by atoms with Crippen molar-refractivity contribution in [2.45, 2.75) is 0 Å². The predicted molar refractivity (Wildman–Crippen MR) is 86.7 cm³/mol.